The quantitative estimate of drug-likeness (QED) is 0.892. The van der Waals surface area contributed by atoms with E-state index in [-0.39, 0.29) is 29.0 Å². The SMILES string of the molecule is CC(c1ccccc1O)N(C)C(=O)C1CC1(C)C. The third-order valence-corrected chi connectivity index (χ3v) is 4.13. The van der Waals surface area contributed by atoms with Crippen LogP contribution in [0.4, 0.5) is 0 Å². The molecule has 2 unspecified atom stereocenters. The fourth-order valence-corrected chi connectivity index (χ4v) is 2.37. The highest BCUT2D eigenvalue weighted by atomic mass is 16.3. The Hall–Kier alpha value is -1.51. The van der Waals surface area contributed by atoms with Crippen LogP contribution < -0.4 is 0 Å². The van der Waals surface area contributed by atoms with Crippen LogP contribution in [-0.2, 0) is 4.79 Å². The van der Waals surface area contributed by atoms with Gasteiger partial charge in [0.1, 0.15) is 5.75 Å². The van der Waals surface area contributed by atoms with E-state index in [9.17, 15) is 9.90 Å². The minimum atomic E-state index is -0.102. The van der Waals surface area contributed by atoms with E-state index in [1.165, 1.54) is 0 Å². The smallest absolute Gasteiger partial charge is 0.226 e. The fraction of sp³-hybridized carbons (Fsp3) is 0.533. The maximum Gasteiger partial charge on any atom is 0.226 e. The van der Waals surface area contributed by atoms with Gasteiger partial charge in [0.15, 0.2) is 0 Å². The predicted molar refractivity (Wildman–Crippen MR) is 71.2 cm³/mol. The van der Waals surface area contributed by atoms with Crippen LogP contribution in [-0.4, -0.2) is 23.0 Å². The van der Waals surface area contributed by atoms with Crippen molar-refractivity contribution in [1.29, 1.82) is 0 Å². The van der Waals surface area contributed by atoms with Gasteiger partial charge in [-0.25, -0.2) is 0 Å². The number of para-hydroxylation sites is 1. The zero-order valence-corrected chi connectivity index (χ0v) is 11.5. The van der Waals surface area contributed by atoms with E-state index in [1.54, 1.807) is 17.0 Å². The van der Waals surface area contributed by atoms with Crippen LogP contribution in [0.5, 0.6) is 5.75 Å². The first kappa shape index (κ1) is 12.9. The summed E-state index contributed by atoms with van der Waals surface area (Å²) >= 11 is 0. The summed E-state index contributed by atoms with van der Waals surface area (Å²) < 4.78 is 0. The lowest BCUT2D eigenvalue weighted by molar-refractivity contribution is -0.133. The second-order valence-corrected chi connectivity index (χ2v) is 5.93. The van der Waals surface area contributed by atoms with Crippen molar-refractivity contribution in [2.75, 3.05) is 7.05 Å². The Morgan fingerprint density at radius 3 is 2.50 bits per heavy atom. The summed E-state index contributed by atoms with van der Waals surface area (Å²) in [6.07, 6.45) is 0.962. The molecular formula is C15H21NO2. The molecule has 0 aliphatic heterocycles. The predicted octanol–water partition coefficient (Wildman–Crippen LogP) is 2.96. The standard InChI is InChI=1S/C15H21NO2/c1-10(11-7-5-6-8-13(11)17)16(4)14(18)12-9-15(12,2)3/h5-8,10,12,17H,9H2,1-4H3. The molecule has 1 aliphatic rings. The van der Waals surface area contributed by atoms with Crippen molar-refractivity contribution in [2.24, 2.45) is 11.3 Å². The van der Waals surface area contributed by atoms with Crippen molar-refractivity contribution >= 4 is 5.91 Å². The van der Waals surface area contributed by atoms with Crippen molar-refractivity contribution in [2.45, 2.75) is 33.2 Å². The molecule has 0 saturated heterocycles. The molecule has 98 valence electrons. The highest BCUT2D eigenvalue weighted by Crippen LogP contribution is 2.52. The summed E-state index contributed by atoms with van der Waals surface area (Å²) in [5, 5.41) is 9.83. The Balaban J connectivity index is 2.12. The summed E-state index contributed by atoms with van der Waals surface area (Å²) in [7, 11) is 1.81. The average Bonchev–Trinajstić information content (AvgIpc) is 2.96. The Kier molecular flexibility index (Phi) is 3.09. The monoisotopic (exact) mass is 247 g/mol. The molecule has 18 heavy (non-hydrogen) atoms. The topological polar surface area (TPSA) is 40.5 Å². The summed E-state index contributed by atoms with van der Waals surface area (Å²) in [4.78, 5) is 14.0. The summed E-state index contributed by atoms with van der Waals surface area (Å²) in [5.41, 5.74) is 0.941. The van der Waals surface area contributed by atoms with Gasteiger partial charge in [-0.05, 0) is 24.8 Å². The molecule has 2 atom stereocenters. The minimum absolute atomic E-state index is 0.102. The van der Waals surface area contributed by atoms with Crippen molar-refractivity contribution < 1.29 is 9.90 Å². The van der Waals surface area contributed by atoms with Gasteiger partial charge in [0.25, 0.3) is 0 Å². The van der Waals surface area contributed by atoms with Gasteiger partial charge >= 0.3 is 0 Å². The van der Waals surface area contributed by atoms with Gasteiger partial charge in [-0.2, -0.15) is 0 Å². The number of hydrogen-bond acceptors (Lipinski definition) is 2. The van der Waals surface area contributed by atoms with Crippen LogP contribution in [0.25, 0.3) is 0 Å². The van der Waals surface area contributed by atoms with E-state index in [4.69, 9.17) is 0 Å². The fourth-order valence-electron chi connectivity index (χ4n) is 2.37. The van der Waals surface area contributed by atoms with Gasteiger partial charge < -0.3 is 10.0 Å². The molecular weight excluding hydrogens is 226 g/mol. The first-order valence-corrected chi connectivity index (χ1v) is 6.39. The zero-order chi connectivity index (χ0) is 13.5. The van der Waals surface area contributed by atoms with Gasteiger partial charge in [0.05, 0.1) is 6.04 Å². The molecule has 1 amide bonds. The molecule has 3 heteroatoms. The number of phenols is 1. The highest BCUT2D eigenvalue weighted by Gasteiger charge is 2.51. The molecule has 0 radical (unpaired) electrons. The summed E-state index contributed by atoms with van der Waals surface area (Å²) in [6, 6.07) is 7.09. The lowest BCUT2D eigenvalue weighted by Crippen LogP contribution is -2.32. The Bertz CT molecular complexity index is 467. The molecule has 1 fully saturated rings. The van der Waals surface area contributed by atoms with E-state index in [0.29, 0.717) is 0 Å². The number of nitrogens with zero attached hydrogens (tertiary/aromatic N) is 1. The van der Waals surface area contributed by atoms with Crippen LogP contribution in [0, 0.1) is 11.3 Å². The molecule has 1 aromatic carbocycles. The third kappa shape index (κ3) is 2.22. The van der Waals surface area contributed by atoms with Crippen LogP contribution in [0.15, 0.2) is 24.3 Å². The number of hydrogen-bond donors (Lipinski definition) is 1. The van der Waals surface area contributed by atoms with Crippen molar-refractivity contribution in [3.8, 4) is 5.75 Å². The van der Waals surface area contributed by atoms with Gasteiger partial charge in [0.2, 0.25) is 5.91 Å². The number of carbonyl (C=O) groups excluding carboxylic acids is 1. The number of benzene rings is 1. The van der Waals surface area contributed by atoms with Gasteiger partial charge in [0, 0.05) is 18.5 Å². The lowest BCUT2D eigenvalue weighted by atomic mass is 10.0. The van der Waals surface area contributed by atoms with Gasteiger partial charge in [-0.1, -0.05) is 32.0 Å². The number of carbonyl (C=O) groups is 1. The number of rotatable bonds is 3. The van der Waals surface area contributed by atoms with Crippen molar-refractivity contribution in [3.63, 3.8) is 0 Å². The van der Waals surface area contributed by atoms with Gasteiger partial charge in [-0.3, -0.25) is 4.79 Å². The third-order valence-electron chi connectivity index (χ3n) is 4.13. The second-order valence-electron chi connectivity index (χ2n) is 5.93. The van der Waals surface area contributed by atoms with E-state index < -0.39 is 0 Å². The summed E-state index contributed by atoms with van der Waals surface area (Å²) in [6.45, 7) is 6.18. The van der Waals surface area contributed by atoms with E-state index >= 15 is 0 Å². The Labute approximate surface area is 108 Å². The maximum atomic E-state index is 12.3. The van der Waals surface area contributed by atoms with Crippen LogP contribution in [0.3, 0.4) is 0 Å². The second kappa shape index (κ2) is 4.30. The Morgan fingerprint density at radius 2 is 2.00 bits per heavy atom. The average molecular weight is 247 g/mol. The molecule has 0 bridgehead atoms. The zero-order valence-electron chi connectivity index (χ0n) is 11.5. The number of amides is 1. The minimum Gasteiger partial charge on any atom is -0.508 e. The summed E-state index contributed by atoms with van der Waals surface area (Å²) in [5.74, 6) is 0.561. The normalized spacial score (nSPS) is 22.3. The Morgan fingerprint density at radius 1 is 1.44 bits per heavy atom. The van der Waals surface area contributed by atoms with Crippen LogP contribution >= 0.6 is 0 Å². The molecule has 1 aliphatic carbocycles. The molecule has 1 N–H and O–H groups in total. The molecule has 1 aromatic rings. The van der Waals surface area contributed by atoms with E-state index in [1.807, 2.05) is 26.1 Å². The van der Waals surface area contributed by atoms with Gasteiger partial charge in [-0.15, -0.1) is 0 Å². The number of phenolic OH excluding ortho intramolecular Hbond substituents is 1. The van der Waals surface area contributed by atoms with Crippen LogP contribution in [0.2, 0.25) is 0 Å². The first-order valence-electron chi connectivity index (χ1n) is 6.39. The lowest BCUT2D eigenvalue weighted by Gasteiger charge is -2.26. The van der Waals surface area contributed by atoms with E-state index in [2.05, 4.69) is 13.8 Å². The molecule has 0 heterocycles. The molecule has 3 nitrogen and oxygen atoms in total. The molecule has 0 spiro atoms. The highest BCUT2D eigenvalue weighted by molar-refractivity contribution is 5.82. The van der Waals surface area contributed by atoms with Crippen molar-refractivity contribution in [1.82, 2.24) is 4.90 Å². The largest absolute Gasteiger partial charge is 0.508 e. The molecule has 1 saturated carbocycles. The maximum absolute atomic E-state index is 12.3. The van der Waals surface area contributed by atoms with Crippen LogP contribution in [0.1, 0.15) is 38.8 Å². The molecule has 2 rings (SSSR count). The number of aromatic hydroxyl groups is 1. The van der Waals surface area contributed by atoms with Crippen molar-refractivity contribution in [3.05, 3.63) is 29.8 Å². The van der Waals surface area contributed by atoms with E-state index in [0.717, 1.165) is 12.0 Å². The first-order chi connectivity index (χ1) is 8.34. The molecule has 0 aromatic heterocycles.